The normalized spacial score (nSPS) is 11.3. The minimum atomic E-state index is -0.626. The Hall–Kier alpha value is -5.52. The minimum absolute atomic E-state index is 0.0156. The van der Waals surface area contributed by atoms with Gasteiger partial charge in [0.1, 0.15) is 17.1 Å². The number of rotatable bonds is 10. The molecule has 0 amide bonds. The maximum Gasteiger partial charge on any atom is 0.343 e. The molecule has 0 saturated carbocycles. The lowest BCUT2D eigenvalue weighted by Crippen LogP contribution is -2.21. The first kappa shape index (κ1) is 27.1. The highest BCUT2D eigenvalue weighted by atomic mass is 16.6. The number of non-ortho nitro benzene ring substituents is 1. The number of nitrogens with zero attached hydrogens (tertiary/aromatic N) is 4. The van der Waals surface area contributed by atoms with Crippen molar-refractivity contribution in [3.63, 3.8) is 0 Å². The summed E-state index contributed by atoms with van der Waals surface area (Å²) >= 11 is 0. The molecule has 2 heterocycles. The number of aromatic nitrogens is 2. The van der Waals surface area contributed by atoms with Crippen molar-refractivity contribution in [1.29, 1.82) is 0 Å². The van der Waals surface area contributed by atoms with E-state index in [2.05, 4.69) is 15.3 Å². The molecule has 0 fully saturated rings. The second-order valence-electron chi connectivity index (χ2n) is 8.84. The Balaban J connectivity index is 1.47. The monoisotopic (exact) mass is 556 g/mol. The van der Waals surface area contributed by atoms with E-state index in [0.717, 1.165) is 18.8 Å². The average molecular weight is 557 g/mol. The number of ether oxygens (including phenoxy) is 2. The lowest BCUT2D eigenvalue weighted by atomic mass is 10.1. The molecule has 0 radical (unpaired) electrons. The van der Waals surface area contributed by atoms with Crippen LogP contribution in [0.3, 0.4) is 0 Å². The molecule has 0 N–H and O–H groups in total. The second kappa shape index (κ2) is 11.3. The van der Waals surface area contributed by atoms with Crippen molar-refractivity contribution in [3.8, 4) is 17.2 Å². The molecule has 2 aromatic heterocycles. The van der Waals surface area contributed by atoms with Gasteiger partial charge in [-0.2, -0.15) is 0 Å². The van der Waals surface area contributed by atoms with E-state index >= 15 is 0 Å². The number of anilines is 1. The SMILES string of the molecule is CCN(CC)c1ccc2cc(C=CC(=O)c3cc(OC)ccc3Oc3ccc([N+](=O)[O-])c4onnc34)c(=O)oc2c1. The molecule has 0 aliphatic heterocycles. The zero-order valence-electron chi connectivity index (χ0n) is 22.3. The number of allylic oxidation sites excluding steroid dienone is 1. The van der Waals surface area contributed by atoms with Crippen LogP contribution in [-0.2, 0) is 0 Å². The van der Waals surface area contributed by atoms with Crippen LogP contribution in [0, 0.1) is 10.1 Å². The van der Waals surface area contributed by atoms with Crippen molar-refractivity contribution in [2.75, 3.05) is 25.1 Å². The predicted octanol–water partition coefficient (Wildman–Crippen LogP) is 5.78. The van der Waals surface area contributed by atoms with Crippen LogP contribution in [0.1, 0.15) is 29.8 Å². The van der Waals surface area contributed by atoms with Crippen molar-refractivity contribution in [3.05, 3.63) is 92.3 Å². The number of nitro groups is 1. The fourth-order valence-corrected chi connectivity index (χ4v) is 4.36. The van der Waals surface area contributed by atoms with E-state index in [4.69, 9.17) is 18.4 Å². The number of hydrogen-bond donors (Lipinski definition) is 0. The number of fused-ring (bicyclic) bond motifs is 2. The van der Waals surface area contributed by atoms with E-state index < -0.39 is 16.3 Å². The van der Waals surface area contributed by atoms with Crippen molar-refractivity contribution in [1.82, 2.24) is 10.4 Å². The van der Waals surface area contributed by atoms with E-state index in [-0.39, 0.29) is 39.4 Å². The van der Waals surface area contributed by atoms with Gasteiger partial charge in [0, 0.05) is 41.6 Å². The summed E-state index contributed by atoms with van der Waals surface area (Å²) in [4.78, 5) is 38.9. The molecule has 0 unspecified atom stereocenters. The summed E-state index contributed by atoms with van der Waals surface area (Å²) in [7, 11) is 1.45. The number of carbonyl (C=O) groups is 1. The molecule has 0 saturated heterocycles. The van der Waals surface area contributed by atoms with Crippen LogP contribution < -0.4 is 20.0 Å². The van der Waals surface area contributed by atoms with Gasteiger partial charge in [0.05, 0.1) is 23.2 Å². The Morgan fingerprint density at radius 1 is 1.07 bits per heavy atom. The lowest BCUT2D eigenvalue weighted by Gasteiger charge is -2.20. The quantitative estimate of drug-likeness (QED) is 0.0676. The Kier molecular flexibility index (Phi) is 7.46. The van der Waals surface area contributed by atoms with Crippen molar-refractivity contribution >= 4 is 45.3 Å². The molecule has 5 rings (SSSR count). The summed E-state index contributed by atoms with van der Waals surface area (Å²) in [5.41, 5.74) is 0.625. The van der Waals surface area contributed by atoms with Gasteiger partial charge in [-0.1, -0.05) is 0 Å². The smallest absolute Gasteiger partial charge is 0.343 e. The molecule has 41 heavy (non-hydrogen) atoms. The molecule has 0 atom stereocenters. The largest absolute Gasteiger partial charge is 0.497 e. The van der Waals surface area contributed by atoms with Crippen LogP contribution in [-0.4, -0.2) is 41.3 Å². The number of methoxy groups -OCH3 is 1. The van der Waals surface area contributed by atoms with Gasteiger partial charge in [0.2, 0.25) is 0 Å². The molecule has 0 bridgehead atoms. The molecule has 3 aromatic carbocycles. The summed E-state index contributed by atoms with van der Waals surface area (Å²) in [5, 5.41) is 19.2. The molecule has 208 valence electrons. The highest BCUT2D eigenvalue weighted by Crippen LogP contribution is 2.36. The van der Waals surface area contributed by atoms with E-state index in [1.807, 2.05) is 32.0 Å². The highest BCUT2D eigenvalue weighted by molar-refractivity contribution is 6.09. The topological polar surface area (TPSA) is 151 Å². The third-order valence-corrected chi connectivity index (χ3v) is 6.50. The lowest BCUT2D eigenvalue weighted by molar-refractivity contribution is -0.383. The Bertz CT molecular complexity index is 1870. The number of carbonyl (C=O) groups excluding carboxylic acids is 1. The molecule has 12 nitrogen and oxygen atoms in total. The first-order valence-electron chi connectivity index (χ1n) is 12.6. The first-order chi connectivity index (χ1) is 19.8. The predicted molar refractivity (Wildman–Crippen MR) is 151 cm³/mol. The molecule has 0 aliphatic rings. The van der Waals surface area contributed by atoms with Crippen LogP contribution in [0.5, 0.6) is 17.2 Å². The molecular weight excluding hydrogens is 532 g/mol. The number of benzene rings is 3. The standard InChI is InChI=1S/C29H24N4O8/c1-4-32(5-2)19-8-6-17-14-18(29(35)40-26(17)15-19)7-11-23(34)21-16-20(38-3)9-12-24(21)39-25-13-10-22(33(36)37)28-27(25)30-31-41-28/h6-16H,4-5H2,1-3H3. The van der Waals surface area contributed by atoms with Gasteiger partial charge in [-0.05, 0) is 68.5 Å². The molecule has 0 spiro atoms. The summed E-state index contributed by atoms with van der Waals surface area (Å²) in [6.07, 6.45) is 2.61. The number of nitro benzene ring substituents is 1. The van der Waals surface area contributed by atoms with Gasteiger partial charge < -0.3 is 23.3 Å². The van der Waals surface area contributed by atoms with Gasteiger partial charge in [-0.3, -0.25) is 14.9 Å². The van der Waals surface area contributed by atoms with Gasteiger partial charge in [0.25, 0.3) is 5.58 Å². The van der Waals surface area contributed by atoms with Gasteiger partial charge in [-0.15, -0.1) is 5.10 Å². The second-order valence-corrected chi connectivity index (χ2v) is 8.84. The maximum atomic E-state index is 13.3. The van der Waals surface area contributed by atoms with Gasteiger partial charge in [0.15, 0.2) is 17.0 Å². The summed E-state index contributed by atoms with van der Waals surface area (Å²) in [6.45, 7) is 5.72. The summed E-state index contributed by atoms with van der Waals surface area (Å²) in [6, 6.07) is 14.4. The van der Waals surface area contributed by atoms with Crippen LogP contribution >= 0.6 is 0 Å². The summed E-state index contributed by atoms with van der Waals surface area (Å²) in [5.74, 6) is 0.106. The maximum absolute atomic E-state index is 13.3. The molecule has 5 aromatic rings. The van der Waals surface area contributed by atoms with Gasteiger partial charge in [-0.25, -0.2) is 4.79 Å². The third kappa shape index (κ3) is 5.35. The molecular formula is C29H24N4O8. The third-order valence-electron chi connectivity index (χ3n) is 6.50. The van der Waals surface area contributed by atoms with Crippen LogP contribution in [0.25, 0.3) is 28.1 Å². The van der Waals surface area contributed by atoms with E-state index in [0.29, 0.717) is 16.7 Å². The highest BCUT2D eigenvalue weighted by Gasteiger charge is 2.22. The van der Waals surface area contributed by atoms with Crippen LogP contribution in [0.2, 0.25) is 0 Å². The molecule has 0 aliphatic carbocycles. The van der Waals surface area contributed by atoms with Crippen molar-refractivity contribution < 1.29 is 28.1 Å². The van der Waals surface area contributed by atoms with Crippen LogP contribution in [0.4, 0.5) is 11.4 Å². The fourth-order valence-electron chi connectivity index (χ4n) is 4.36. The van der Waals surface area contributed by atoms with E-state index in [9.17, 15) is 19.7 Å². The average Bonchev–Trinajstić information content (AvgIpc) is 3.47. The Labute approximate surface area is 232 Å². The first-order valence-corrected chi connectivity index (χ1v) is 12.6. The van der Waals surface area contributed by atoms with Crippen molar-refractivity contribution in [2.24, 2.45) is 0 Å². The van der Waals surface area contributed by atoms with Crippen LogP contribution in [0.15, 0.2) is 74.4 Å². The number of hydrogen-bond acceptors (Lipinski definition) is 11. The fraction of sp³-hybridized carbons (Fsp3) is 0.172. The zero-order valence-corrected chi connectivity index (χ0v) is 22.3. The summed E-state index contributed by atoms with van der Waals surface area (Å²) < 4.78 is 21.7. The molecule has 12 heteroatoms. The van der Waals surface area contributed by atoms with Gasteiger partial charge >= 0.3 is 11.3 Å². The Morgan fingerprint density at radius 2 is 1.85 bits per heavy atom. The van der Waals surface area contributed by atoms with E-state index in [1.54, 1.807) is 12.1 Å². The van der Waals surface area contributed by atoms with E-state index in [1.165, 1.54) is 43.5 Å². The minimum Gasteiger partial charge on any atom is -0.497 e. The van der Waals surface area contributed by atoms with Crippen molar-refractivity contribution in [2.45, 2.75) is 13.8 Å². The zero-order chi connectivity index (χ0) is 29.1. The Morgan fingerprint density at radius 3 is 2.59 bits per heavy atom. The number of ketones is 1.